The van der Waals surface area contributed by atoms with Crippen LogP contribution in [0.15, 0.2) is 41.8 Å². The van der Waals surface area contributed by atoms with Gasteiger partial charge in [0.15, 0.2) is 0 Å². The molecule has 78 valence electrons. The van der Waals surface area contributed by atoms with E-state index in [2.05, 4.69) is 30.5 Å². The molecule has 0 saturated heterocycles. The predicted molar refractivity (Wildman–Crippen MR) is 65.5 cm³/mol. The topological polar surface area (TPSA) is 9.23 Å². The fraction of sp³-hybridized carbons (Fsp3) is 0.231. The highest BCUT2D eigenvalue weighted by molar-refractivity contribution is 7.13. The highest BCUT2D eigenvalue weighted by Crippen LogP contribution is 2.32. The summed E-state index contributed by atoms with van der Waals surface area (Å²) in [5, 5.41) is 2.09. The Morgan fingerprint density at radius 3 is 2.73 bits per heavy atom. The summed E-state index contributed by atoms with van der Waals surface area (Å²) in [5.74, 6) is 0.988. The molecule has 0 unspecified atom stereocenters. The van der Waals surface area contributed by atoms with Crippen LogP contribution in [0.4, 0.5) is 0 Å². The van der Waals surface area contributed by atoms with E-state index in [-0.39, 0.29) is 0 Å². The van der Waals surface area contributed by atoms with Crippen LogP contribution in [-0.4, -0.2) is 6.61 Å². The van der Waals surface area contributed by atoms with Crippen LogP contribution in [0.1, 0.15) is 13.3 Å². The van der Waals surface area contributed by atoms with E-state index < -0.39 is 0 Å². The lowest BCUT2D eigenvalue weighted by atomic mass is 10.1. The third-order valence-corrected chi connectivity index (χ3v) is 3.04. The number of rotatable bonds is 4. The van der Waals surface area contributed by atoms with E-state index in [1.807, 2.05) is 18.2 Å². The van der Waals surface area contributed by atoms with Gasteiger partial charge in [0.2, 0.25) is 0 Å². The average Bonchev–Trinajstić information content (AvgIpc) is 2.80. The molecule has 0 aliphatic heterocycles. The largest absolute Gasteiger partial charge is 0.493 e. The highest BCUT2D eigenvalue weighted by Gasteiger charge is 2.05. The minimum Gasteiger partial charge on any atom is -0.493 e. The van der Waals surface area contributed by atoms with Crippen molar-refractivity contribution in [3.63, 3.8) is 0 Å². The Labute approximate surface area is 94.3 Å². The van der Waals surface area contributed by atoms with Crippen molar-refractivity contribution >= 4 is 11.3 Å². The van der Waals surface area contributed by atoms with Gasteiger partial charge < -0.3 is 4.74 Å². The predicted octanol–water partition coefficient (Wildman–Crippen LogP) is 4.20. The van der Waals surface area contributed by atoms with Crippen molar-refractivity contribution in [3.8, 4) is 16.2 Å². The summed E-state index contributed by atoms with van der Waals surface area (Å²) in [6.45, 7) is 2.90. The summed E-state index contributed by atoms with van der Waals surface area (Å²) < 4.78 is 5.72. The fourth-order valence-corrected chi connectivity index (χ4v) is 2.20. The molecular formula is C13H14OS. The third kappa shape index (κ3) is 2.39. The van der Waals surface area contributed by atoms with Crippen LogP contribution in [0.3, 0.4) is 0 Å². The molecule has 1 aromatic carbocycles. The lowest BCUT2D eigenvalue weighted by Gasteiger charge is -2.08. The number of ether oxygens (including phenoxy) is 1. The molecule has 0 saturated carbocycles. The number of hydrogen-bond donors (Lipinski definition) is 0. The first-order chi connectivity index (χ1) is 7.42. The molecule has 1 nitrogen and oxygen atoms in total. The summed E-state index contributed by atoms with van der Waals surface area (Å²) in [6.07, 6.45) is 1.04. The summed E-state index contributed by atoms with van der Waals surface area (Å²) >= 11 is 1.74. The first-order valence-electron chi connectivity index (χ1n) is 5.17. The van der Waals surface area contributed by atoms with Crippen LogP contribution in [0, 0.1) is 0 Å². The lowest BCUT2D eigenvalue weighted by molar-refractivity contribution is 0.319. The second kappa shape index (κ2) is 4.99. The van der Waals surface area contributed by atoms with Crippen LogP contribution in [0.25, 0.3) is 10.4 Å². The first-order valence-corrected chi connectivity index (χ1v) is 6.05. The second-order valence-electron chi connectivity index (χ2n) is 3.32. The zero-order valence-electron chi connectivity index (χ0n) is 8.77. The van der Waals surface area contributed by atoms with Gasteiger partial charge in [-0.1, -0.05) is 25.1 Å². The third-order valence-electron chi connectivity index (χ3n) is 2.14. The molecule has 0 aliphatic rings. The van der Waals surface area contributed by atoms with Gasteiger partial charge in [0.25, 0.3) is 0 Å². The quantitative estimate of drug-likeness (QED) is 0.747. The average molecular weight is 218 g/mol. The van der Waals surface area contributed by atoms with Crippen LogP contribution in [0.5, 0.6) is 5.75 Å². The van der Waals surface area contributed by atoms with Gasteiger partial charge in [-0.3, -0.25) is 0 Å². The van der Waals surface area contributed by atoms with Gasteiger partial charge in [-0.25, -0.2) is 0 Å². The Morgan fingerprint density at radius 1 is 1.13 bits per heavy atom. The van der Waals surface area contributed by atoms with E-state index in [1.165, 1.54) is 10.4 Å². The smallest absolute Gasteiger partial charge is 0.127 e. The maximum Gasteiger partial charge on any atom is 0.127 e. The Hall–Kier alpha value is -1.28. The van der Waals surface area contributed by atoms with E-state index >= 15 is 0 Å². The second-order valence-corrected chi connectivity index (χ2v) is 4.27. The van der Waals surface area contributed by atoms with Crippen molar-refractivity contribution in [1.29, 1.82) is 0 Å². The van der Waals surface area contributed by atoms with Gasteiger partial charge >= 0.3 is 0 Å². The SMILES string of the molecule is CCCOc1ccccc1-c1cccs1. The number of thiophene rings is 1. The molecule has 0 spiro atoms. The molecule has 0 N–H and O–H groups in total. The Kier molecular flexibility index (Phi) is 3.41. The van der Waals surface area contributed by atoms with E-state index in [4.69, 9.17) is 4.74 Å². The minimum absolute atomic E-state index is 0.780. The highest BCUT2D eigenvalue weighted by atomic mass is 32.1. The van der Waals surface area contributed by atoms with Crippen molar-refractivity contribution in [3.05, 3.63) is 41.8 Å². The molecule has 15 heavy (non-hydrogen) atoms. The zero-order chi connectivity index (χ0) is 10.5. The van der Waals surface area contributed by atoms with Gasteiger partial charge in [0.1, 0.15) is 5.75 Å². The fourth-order valence-electron chi connectivity index (χ4n) is 1.44. The summed E-state index contributed by atoms with van der Waals surface area (Å²) in [4.78, 5) is 1.27. The molecule has 0 aliphatic carbocycles. The Balaban J connectivity index is 2.30. The monoisotopic (exact) mass is 218 g/mol. The van der Waals surface area contributed by atoms with Crippen molar-refractivity contribution < 1.29 is 4.74 Å². The molecule has 0 radical (unpaired) electrons. The van der Waals surface area contributed by atoms with Crippen LogP contribution < -0.4 is 4.74 Å². The van der Waals surface area contributed by atoms with Crippen molar-refractivity contribution in [2.24, 2.45) is 0 Å². The summed E-state index contributed by atoms with van der Waals surface area (Å²) in [7, 11) is 0. The van der Waals surface area contributed by atoms with E-state index in [1.54, 1.807) is 11.3 Å². The van der Waals surface area contributed by atoms with Crippen LogP contribution in [0.2, 0.25) is 0 Å². The number of benzene rings is 1. The molecule has 0 atom stereocenters. The first kappa shape index (κ1) is 10.2. The van der Waals surface area contributed by atoms with Gasteiger partial charge in [0.05, 0.1) is 6.61 Å². The number of para-hydroxylation sites is 1. The van der Waals surface area contributed by atoms with E-state index in [9.17, 15) is 0 Å². The van der Waals surface area contributed by atoms with Crippen LogP contribution in [-0.2, 0) is 0 Å². The molecule has 1 heterocycles. The van der Waals surface area contributed by atoms with Gasteiger partial charge in [-0.15, -0.1) is 11.3 Å². The minimum atomic E-state index is 0.780. The lowest BCUT2D eigenvalue weighted by Crippen LogP contribution is -1.96. The molecule has 2 aromatic rings. The summed E-state index contributed by atoms with van der Waals surface area (Å²) in [6, 6.07) is 12.4. The van der Waals surface area contributed by atoms with E-state index in [0.29, 0.717) is 0 Å². The maximum atomic E-state index is 5.72. The molecule has 1 aromatic heterocycles. The van der Waals surface area contributed by atoms with Crippen molar-refractivity contribution in [2.45, 2.75) is 13.3 Å². The molecule has 2 rings (SSSR count). The molecule has 0 fully saturated rings. The molecule has 0 amide bonds. The Bertz CT molecular complexity index is 406. The normalized spacial score (nSPS) is 10.2. The van der Waals surface area contributed by atoms with Crippen LogP contribution >= 0.6 is 11.3 Å². The summed E-state index contributed by atoms with van der Waals surface area (Å²) in [5.41, 5.74) is 1.20. The van der Waals surface area contributed by atoms with Gasteiger partial charge in [-0.2, -0.15) is 0 Å². The molecule has 0 bridgehead atoms. The van der Waals surface area contributed by atoms with Gasteiger partial charge in [0, 0.05) is 10.4 Å². The Morgan fingerprint density at radius 2 is 2.00 bits per heavy atom. The zero-order valence-corrected chi connectivity index (χ0v) is 9.59. The van der Waals surface area contributed by atoms with Crippen molar-refractivity contribution in [2.75, 3.05) is 6.61 Å². The maximum absolute atomic E-state index is 5.72. The van der Waals surface area contributed by atoms with Gasteiger partial charge in [-0.05, 0) is 30.0 Å². The standard InChI is InChI=1S/C13H14OS/c1-2-9-14-12-7-4-3-6-11(12)13-8-5-10-15-13/h3-8,10H,2,9H2,1H3. The van der Waals surface area contributed by atoms with Crippen molar-refractivity contribution in [1.82, 2.24) is 0 Å². The molecular weight excluding hydrogens is 204 g/mol. The molecule has 2 heteroatoms. The number of hydrogen-bond acceptors (Lipinski definition) is 2. The van der Waals surface area contributed by atoms with E-state index in [0.717, 1.165) is 18.8 Å².